The van der Waals surface area contributed by atoms with E-state index in [9.17, 15) is 0 Å². The summed E-state index contributed by atoms with van der Waals surface area (Å²) in [6.45, 7) is 1.80. The van der Waals surface area contributed by atoms with Crippen molar-refractivity contribution in [3.63, 3.8) is 0 Å². The molecule has 0 N–H and O–H groups in total. The van der Waals surface area contributed by atoms with Gasteiger partial charge in [-0.3, -0.25) is 0 Å². The van der Waals surface area contributed by atoms with Gasteiger partial charge in [0.2, 0.25) is 17.4 Å². The number of hydrogen-bond donors (Lipinski definition) is 0. The summed E-state index contributed by atoms with van der Waals surface area (Å²) in [6, 6.07) is 1.55. The van der Waals surface area contributed by atoms with Crippen molar-refractivity contribution in [3.05, 3.63) is 16.1 Å². The van der Waals surface area contributed by atoms with Crippen LogP contribution in [0.1, 0.15) is 29.3 Å². The van der Waals surface area contributed by atoms with Gasteiger partial charge in [0.25, 0.3) is 0 Å². The second-order valence-electron chi connectivity index (χ2n) is 5.22. The van der Waals surface area contributed by atoms with Crippen molar-refractivity contribution in [2.75, 3.05) is 14.2 Å². The molecule has 23 heavy (non-hydrogen) atoms. The Hall–Kier alpha value is -2.03. The normalized spacial score (nSPS) is 23.7. The van der Waals surface area contributed by atoms with Gasteiger partial charge in [0.15, 0.2) is 5.01 Å². The van der Waals surface area contributed by atoms with Crippen LogP contribution in [-0.2, 0) is 5.67 Å². The van der Waals surface area contributed by atoms with E-state index in [0.717, 1.165) is 5.01 Å². The van der Waals surface area contributed by atoms with Gasteiger partial charge in [-0.05, 0) is 26.2 Å². The Bertz CT molecular complexity index is 676. The van der Waals surface area contributed by atoms with Crippen molar-refractivity contribution in [2.24, 2.45) is 0 Å². The fourth-order valence-electron chi connectivity index (χ4n) is 2.57. The van der Waals surface area contributed by atoms with Gasteiger partial charge in [0.05, 0.1) is 20.3 Å². The molecule has 2 heterocycles. The fraction of sp³-hybridized carbons (Fsp3) is 0.571. The predicted molar refractivity (Wildman–Crippen MR) is 80.8 cm³/mol. The molecule has 0 spiro atoms. The van der Waals surface area contributed by atoms with Gasteiger partial charge in [-0.25, -0.2) is 4.39 Å². The maximum absolute atomic E-state index is 15.4. The molecule has 0 radical (unpaired) electrons. The van der Waals surface area contributed by atoms with Crippen LogP contribution in [0.5, 0.6) is 17.8 Å². The molecule has 0 amide bonds. The summed E-state index contributed by atoms with van der Waals surface area (Å²) in [5.74, 6) is 0.585. The van der Waals surface area contributed by atoms with Crippen molar-refractivity contribution >= 4 is 11.3 Å². The van der Waals surface area contributed by atoms with E-state index >= 15 is 4.39 Å². The molecule has 3 rings (SSSR count). The number of nitrogens with zero attached hydrogens (tertiary/aromatic N) is 4. The standard InChI is InChI=1S/C14H17FN4O3S/c1-8-18-19-12(23-8)14(15)6-4-5-9(14)22-13-16-10(20-2)7-11(17-13)21-3/h7,9H,4-6H2,1-3H3. The second kappa shape index (κ2) is 6.23. The third kappa shape index (κ3) is 3.05. The highest BCUT2D eigenvalue weighted by Crippen LogP contribution is 2.45. The lowest BCUT2D eigenvalue weighted by atomic mass is 10.0. The van der Waals surface area contributed by atoms with Crippen LogP contribution >= 0.6 is 11.3 Å². The zero-order valence-corrected chi connectivity index (χ0v) is 13.9. The summed E-state index contributed by atoms with van der Waals surface area (Å²) in [5.41, 5.74) is -1.68. The highest BCUT2D eigenvalue weighted by molar-refractivity contribution is 7.11. The van der Waals surface area contributed by atoms with E-state index in [4.69, 9.17) is 14.2 Å². The van der Waals surface area contributed by atoms with E-state index in [2.05, 4.69) is 20.2 Å². The maximum Gasteiger partial charge on any atom is 0.323 e. The minimum Gasteiger partial charge on any atom is -0.481 e. The molecule has 124 valence electrons. The first-order chi connectivity index (χ1) is 11.0. The molecule has 1 aliphatic rings. The third-order valence-corrected chi connectivity index (χ3v) is 4.71. The van der Waals surface area contributed by atoms with Crippen molar-refractivity contribution < 1.29 is 18.6 Å². The first kappa shape index (κ1) is 15.9. The average Bonchev–Trinajstić information content (AvgIpc) is 3.14. The molecule has 0 aliphatic heterocycles. The molecule has 0 aromatic carbocycles. The number of halogens is 1. The second-order valence-corrected chi connectivity index (χ2v) is 6.40. The van der Waals surface area contributed by atoms with E-state index in [1.54, 1.807) is 6.92 Å². The number of rotatable bonds is 5. The number of aromatic nitrogens is 4. The molecular weight excluding hydrogens is 323 g/mol. The minimum atomic E-state index is -1.68. The Labute approximate surface area is 136 Å². The molecule has 2 atom stereocenters. The summed E-state index contributed by atoms with van der Waals surface area (Å²) in [5, 5.41) is 8.92. The molecule has 2 aromatic heterocycles. The van der Waals surface area contributed by atoms with Crippen molar-refractivity contribution in [3.8, 4) is 17.8 Å². The lowest BCUT2D eigenvalue weighted by Gasteiger charge is -2.24. The highest BCUT2D eigenvalue weighted by atomic mass is 32.1. The highest BCUT2D eigenvalue weighted by Gasteiger charge is 2.50. The molecule has 7 nitrogen and oxygen atoms in total. The maximum atomic E-state index is 15.4. The zero-order chi connectivity index (χ0) is 16.4. The Morgan fingerprint density at radius 2 is 1.91 bits per heavy atom. The monoisotopic (exact) mass is 340 g/mol. The number of alkyl halides is 1. The average molecular weight is 340 g/mol. The van der Waals surface area contributed by atoms with Gasteiger partial charge in [-0.1, -0.05) is 11.3 Å². The quantitative estimate of drug-likeness (QED) is 0.827. The van der Waals surface area contributed by atoms with Crippen LogP contribution in [0.4, 0.5) is 4.39 Å². The predicted octanol–water partition coefficient (Wildman–Crippen LogP) is 2.45. The summed E-state index contributed by atoms with van der Waals surface area (Å²) in [6.07, 6.45) is 0.874. The molecule has 1 saturated carbocycles. The molecule has 2 unspecified atom stereocenters. The molecule has 2 aromatic rings. The number of hydrogen-bond acceptors (Lipinski definition) is 8. The third-order valence-electron chi connectivity index (χ3n) is 3.72. The Morgan fingerprint density at radius 1 is 1.22 bits per heavy atom. The van der Waals surface area contributed by atoms with Gasteiger partial charge in [-0.2, -0.15) is 9.97 Å². The van der Waals surface area contributed by atoms with Gasteiger partial charge in [0, 0.05) is 0 Å². The molecule has 1 aliphatic carbocycles. The van der Waals surface area contributed by atoms with Crippen LogP contribution in [0.2, 0.25) is 0 Å². The minimum absolute atomic E-state index is 0.0244. The molecule has 9 heteroatoms. The van der Waals surface area contributed by atoms with Crippen LogP contribution in [-0.4, -0.2) is 40.5 Å². The molecular formula is C14H17FN4O3S. The zero-order valence-electron chi connectivity index (χ0n) is 13.1. The first-order valence-electron chi connectivity index (χ1n) is 7.18. The summed E-state index contributed by atoms with van der Waals surface area (Å²) in [7, 11) is 2.95. The van der Waals surface area contributed by atoms with Crippen LogP contribution in [0.15, 0.2) is 6.07 Å². The van der Waals surface area contributed by atoms with Crippen LogP contribution < -0.4 is 14.2 Å². The van der Waals surface area contributed by atoms with Crippen molar-refractivity contribution in [1.82, 2.24) is 20.2 Å². The first-order valence-corrected chi connectivity index (χ1v) is 8.00. The lowest BCUT2D eigenvalue weighted by molar-refractivity contribution is 0.0234. The van der Waals surface area contributed by atoms with Crippen LogP contribution in [0.25, 0.3) is 0 Å². The number of methoxy groups -OCH3 is 2. The van der Waals surface area contributed by atoms with E-state index in [1.807, 2.05) is 0 Å². The Kier molecular flexibility index (Phi) is 4.29. The molecule has 1 fully saturated rings. The fourth-order valence-corrected chi connectivity index (χ4v) is 3.42. The van der Waals surface area contributed by atoms with E-state index in [-0.39, 0.29) is 6.01 Å². The molecule has 0 saturated heterocycles. The lowest BCUT2D eigenvalue weighted by Crippen LogP contribution is -2.35. The Morgan fingerprint density at radius 3 is 2.48 bits per heavy atom. The smallest absolute Gasteiger partial charge is 0.323 e. The van der Waals surface area contributed by atoms with Crippen LogP contribution in [0.3, 0.4) is 0 Å². The van der Waals surface area contributed by atoms with E-state index in [1.165, 1.54) is 31.6 Å². The van der Waals surface area contributed by atoms with Gasteiger partial charge in [-0.15, -0.1) is 10.2 Å². The van der Waals surface area contributed by atoms with Gasteiger partial charge in [0.1, 0.15) is 11.1 Å². The molecule has 0 bridgehead atoms. The summed E-state index contributed by atoms with van der Waals surface area (Å²) < 4.78 is 31.3. The van der Waals surface area contributed by atoms with E-state index < -0.39 is 11.8 Å². The largest absolute Gasteiger partial charge is 0.481 e. The Balaban J connectivity index is 1.87. The van der Waals surface area contributed by atoms with Crippen molar-refractivity contribution in [1.29, 1.82) is 0 Å². The number of aryl methyl sites for hydroxylation is 1. The van der Waals surface area contributed by atoms with Crippen LogP contribution in [0, 0.1) is 6.92 Å². The van der Waals surface area contributed by atoms with Gasteiger partial charge >= 0.3 is 6.01 Å². The number of ether oxygens (including phenoxy) is 3. The van der Waals surface area contributed by atoms with Crippen molar-refractivity contribution in [2.45, 2.75) is 38.0 Å². The van der Waals surface area contributed by atoms with E-state index in [0.29, 0.717) is 36.0 Å². The SMILES string of the molecule is COc1cc(OC)nc(OC2CCCC2(F)c2nnc(C)s2)n1. The summed E-state index contributed by atoms with van der Waals surface area (Å²) in [4.78, 5) is 8.19. The van der Waals surface area contributed by atoms with Gasteiger partial charge < -0.3 is 14.2 Å². The topological polar surface area (TPSA) is 79.2 Å². The summed E-state index contributed by atoms with van der Waals surface area (Å²) >= 11 is 1.25.